The van der Waals surface area contributed by atoms with Gasteiger partial charge in [-0.3, -0.25) is 9.80 Å². The largest absolute Gasteiger partial charge is 0.493 e. The molecule has 0 N–H and O–H groups in total. The van der Waals surface area contributed by atoms with Crippen molar-refractivity contribution in [1.29, 1.82) is 0 Å². The molecule has 2 aromatic carbocycles. The summed E-state index contributed by atoms with van der Waals surface area (Å²) in [4.78, 5) is 16.7. The van der Waals surface area contributed by atoms with E-state index in [0.717, 1.165) is 50.4 Å². The first-order chi connectivity index (χ1) is 18.1. The van der Waals surface area contributed by atoms with Crippen molar-refractivity contribution >= 4 is 6.09 Å². The Morgan fingerprint density at radius 1 is 0.946 bits per heavy atom. The zero-order valence-corrected chi connectivity index (χ0v) is 21.6. The van der Waals surface area contributed by atoms with Gasteiger partial charge in [0.15, 0.2) is 23.0 Å². The number of likely N-dealkylation sites (tertiary alicyclic amines) is 1. The Balaban J connectivity index is 1.05. The van der Waals surface area contributed by atoms with Crippen molar-refractivity contribution < 1.29 is 33.2 Å². The molecule has 2 unspecified atom stereocenters. The molecule has 2 atom stereocenters. The average Bonchev–Trinajstić information content (AvgIpc) is 3.30. The third-order valence-corrected chi connectivity index (χ3v) is 7.39. The minimum absolute atomic E-state index is 0.0530. The Labute approximate surface area is 218 Å². The molecule has 1 amide bonds. The summed E-state index contributed by atoms with van der Waals surface area (Å²) < 4.78 is 33.9. The maximum absolute atomic E-state index is 12.4. The number of carbonyl (C=O) groups is 1. The maximum Gasteiger partial charge on any atom is 0.410 e. The van der Waals surface area contributed by atoms with Crippen LogP contribution in [0.3, 0.4) is 0 Å². The van der Waals surface area contributed by atoms with Crippen LogP contribution in [0.25, 0.3) is 0 Å². The quantitative estimate of drug-likeness (QED) is 0.475. The Kier molecular flexibility index (Phi) is 8.08. The van der Waals surface area contributed by atoms with Gasteiger partial charge in [0.2, 0.25) is 0 Å². The van der Waals surface area contributed by atoms with Crippen LogP contribution in [0.5, 0.6) is 28.7 Å². The highest BCUT2D eigenvalue weighted by Gasteiger charge is 2.34. The fourth-order valence-corrected chi connectivity index (χ4v) is 5.22. The molecular weight excluding hydrogens is 476 g/mol. The first-order valence-electron chi connectivity index (χ1n) is 13.0. The lowest BCUT2D eigenvalue weighted by molar-refractivity contribution is 0.0464. The van der Waals surface area contributed by atoms with Gasteiger partial charge in [0.25, 0.3) is 0 Å². The van der Waals surface area contributed by atoms with Crippen LogP contribution in [0.4, 0.5) is 4.79 Å². The fraction of sp³-hybridized carbons (Fsp3) is 0.536. The van der Waals surface area contributed by atoms with E-state index in [9.17, 15) is 4.79 Å². The van der Waals surface area contributed by atoms with Crippen molar-refractivity contribution in [2.75, 3.05) is 60.2 Å². The van der Waals surface area contributed by atoms with E-state index in [-0.39, 0.29) is 18.2 Å². The molecule has 0 radical (unpaired) electrons. The molecule has 0 spiro atoms. The Morgan fingerprint density at radius 2 is 1.73 bits per heavy atom. The van der Waals surface area contributed by atoms with Crippen LogP contribution < -0.4 is 23.7 Å². The summed E-state index contributed by atoms with van der Waals surface area (Å²) in [7, 11) is 3.19. The summed E-state index contributed by atoms with van der Waals surface area (Å²) in [6.07, 6.45) is 2.98. The molecule has 2 aromatic rings. The smallest absolute Gasteiger partial charge is 0.410 e. The van der Waals surface area contributed by atoms with Gasteiger partial charge in [-0.1, -0.05) is 12.1 Å². The van der Waals surface area contributed by atoms with Crippen LogP contribution >= 0.6 is 0 Å². The number of amides is 1. The van der Waals surface area contributed by atoms with E-state index in [1.165, 1.54) is 0 Å². The molecule has 0 bridgehead atoms. The SMILES string of the molecule is COc1ccc(OCC2COC(=O)N2CCC2CCN(CC3COc4ccccc4O3)CC2)cc1OC. The number of benzene rings is 2. The summed E-state index contributed by atoms with van der Waals surface area (Å²) in [5, 5.41) is 0. The summed E-state index contributed by atoms with van der Waals surface area (Å²) in [6.45, 7) is 4.91. The van der Waals surface area contributed by atoms with Crippen LogP contribution in [0.2, 0.25) is 0 Å². The summed E-state index contributed by atoms with van der Waals surface area (Å²) in [5.74, 6) is 4.16. The van der Waals surface area contributed by atoms with Crippen LogP contribution in [-0.2, 0) is 4.74 Å². The lowest BCUT2D eigenvalue weighted by Crippen LogP contribution is -2.44. The lowest BCUT2D eigenvalue weighted by atomic mass is 9.93. The van der Waals surface area contributed by atoms with Gasteiger partial charge < -0.3 is 28.4 Å². The molecule has 37 heavy (non-hydrogen) atoms. The van der Waals surface area contributed by atoms with Crippen molar-refractivity contribution in [3.05, 3.63) is 42.5 Å². The minimum atomic E-state index is -0.256. The molecule has 0 aromatic heterocycles. The number of hydrogen-bond donors (Lipinski definition) is 0. The first kappa shape index (κ1) is 25.3. The van der Waals surface area contributed by atoms with E-state index >= 15 is 0 Å². The Hall–Kier alpha value is -3.33. The summed E-state index contributed by atoms with van der Waals surface area (Å²) in [5.41, 5.74) is 0. The molecule has 2 fully saturated rings. The van der Waals surface area contributed by atoms with Crippen LogP contribution in [0, 0.1) is 5.92 Å². The van der Waals surface area contributed by atoms with Crippen molar-refractivity contribution in [2.24, 2.45) is 5.92 Å². The third kappa shape index (κ3) is 6.15. The zero-order chi connectivity index (χ0) is 25.6. The van der Waals surface area contributed by atoms with E-state index < -0.39 is 0 Å². The number of ether oxygens (including phenoxy) is 6. The number of hydrogen-bond acceptors (Lipinski definition) is 8. The van der Waals surface area contributed by atoms with Gasteiger partial charge in [-0.15, -0.1) is 0 Å². The van der Waals surface area contributed by atoms with Gasteiger partial charge in [-0.05, 0) is 62.5 Å². The van der Waals surface area contributed by atoms with Gasteiger partial charge in [-0.25, -0.2) is 4.79 Å². The second-order valence-electron chi connectivity index (χ2n) is 9.78. The summed E-state index contributed by atoms with van der Waals surface area (Å²) in [6, 6.07) is 13.2. The lowest BCUT2D eigenvalue weighted by Gasteiger charge is -2.36. The number of cyclic esters (lactones) is 1. The molecule has 5 rings (SSSR count). The molecule has 3 aliphatic heterocycles. The van der Waals surface area contributed by atoms with Crippen molar-refractivity contribution in [3.8, 4) is 28.7 Å². The predicted molar refractivity (Wildman–Crippen MR) is 137 cm³/mol. The first-order valence-corrected chi connectivity index (χ1v) is 13.0. The molecule has 3 heterocycles. The van der Waals surface area contributed by atoms with Gasteiger partial charge in [-0.2, -0.15) is 0 Å². The highest BCUT2D eigenvalue weighted by molar-refractivity contribution is 5.70. The Bertz CT molecular complexity index is 1060. The van der Waals surface area contributed by atoms with Crippen LogP contribution in [-0.4, -0.2) is 88.3 Å². The molecular formula is C28H36N2O7. The highest BCUT2D eigenvalue weighted by Crippen LogP contribution is 2.33. The van der Waals surface area contributed by atoms with Crippen molar-refractivity contribution in [3.63, 3.8) is 0 Å². The van der Waals surface area contributed by atoms with Crippen LogP contribution in [0.1, 0.15) is 19.3 Å². The standard InChI is InChI=1S/C28H36N2O7/c1-32-24-8-7-22(15-27(24)33-2)34-17-21-18-36-28(31)30(21)14-11-20-9-12-29(13-10-20)16-23-19-35-25-5-3-4-6-26(25)37-23/h3-8,15,20-21,23H,9-14,16-19H2,1-2H3. The highest BCUT2D eigenvalue weighted by atomic mass is 16.6. The molecule has 200 valence electrons. The zero-order valence-electron chi connectivity index (χ0n) is 21.6. The molecule has 0 aliphatic carbocycles. The molecule has 3 aliphatic rings. The van der Waals surface area contributed by atoms with Gasteiger partial charge in [0, 0.05) is 19.2 Å². The second-order valence-corrected chi connectivity index (χ2v) is 9.78. The molecule has 2 saturated heterocycles. The third-order valence-electron chi connectivity index (χ3n) is 7.39. The number of para-hydroxylation sites is 2. The number of nitrogens with zero attached hydrogens (tertiary/aromatic N) is 2. The predicted octanol–water partition coefficient (Wildman–Crippen LogP) is 3.85. The number of piperidine rings is 1. The van der Waals surface area contributed by atoms with E-state index in [1.54, 1.807) is 26.4 Å². The monoisotopic (exact) mass is 512 g/mol. The van der Waals surface area contributed by atoms with Crippen LogP contribution in [0.15, 0.2) is 42.5 Å². The minimum Gasteiger partial charge on any atom is -0.493 e. The molecule has 9 heteroatoms. The number of carbonyl (C=O) groups excluding carboxylic acids is 1. The van der Waals surface area contributed by atoms with E-state index in [0.29, 0.717) is 49.5 Å². The van der Waals surface area contributed by atoms with Gasteiger partial charge >= 0.3 is 6.09 Å². The molecule has 0 saturated carbocycles. The number of rotatable bonds is 10. The van der Waals surface area contributed by atoms with E-state index in [2.05, 4.69) is 4.90 Å². The average molecular weight is 513 g/mol. The number of fused-ring (bicyclic) bond motifs is 1. The van der Waals surface area contributed by atoms with Gasteiger partial charge in [0.05, 0.1) is 14.2 Å². The van der Waals surface area contributed by atoms with E-state index in [4.69, 9.17) is 28.4 Å². The van der Waals surface area contributed by atoms with Crippen molar-refractivity contribution in [2.45, 2.75) is 31.4 Å². The topological polar surface area (TPSA) is 78.9 Å². The normalized spacial score (nSPS) is 22.0. The van der Waals surface area contributed by atoms with E-state index in [1.807, 2.05) is 35.2 Å². The Morgan fingerprint density at radius 3 is 2.51 bits per heavy atom. The fourth-order valence-electron chi connectivity index (χ4n) is 5.22. The van der Waals surface area contributed by atoms with Crippen molar-refractivity contribution in [1.82, 2.24) is 9.80 Å². The summed E-state index contributed by atoms with van der Waals surface area (Å²) >= 11 is 0. The second kappa shape index (κ2) is 11.8. The van der Waals surface area contributed by atoms with Gasteiger partial charge in [0.1, 0.15) is 37.7 Å². The maximum atomic E-state index is 12.4. The number of methoxy groups -OCH3 is 2. The molecule has 9 nitrogen and oxygen atoms in total.